The van der Waals surface area contributed by atoms with Gasteiger partial charge in [0.25, 0.3) is 0 Å². The van der Waals surface area contributed by atoms with Crippen LogP contribution in [-0.4, -0.2) is 30.7 Å². The summed E-state index contributed by atoms with van der Waals surface area (Å²) in [4.78, 5) is 0. The molecule has 0 aliphatic heterocycles. The molecule has 2 nitrogen and oxygen atoms in total. The second-order valence-electron chi connectivity index (χ2n) is 14.5. The molecule has 6 heteroatoms. The first-order valence-electron chi connectivity index (χ1n) is 19.2. The topological polar surface area (TPSA) is 9.86 Å². The smallest absolute Gasteiger partial charge is 1.00 e. The predicted molar refractivity (Wildman–Crippen MR) is 205 cm³/mol. The molecule has 2 atom stereocenters. The van der Waals surface area contributed by atoms with Crippen LogP contribution >= 0.6 is 7.92 Å². The molecule has 0 N–H and O–H groups in total. The Morgan fingerprint density at radius 2 is 0.860 bits per heavy atom. The fraction of sp³-hybridized carbons (Fsp3) is 0.500. The summed E-state index contributed by atoms with van der Waals surface area (Å²) in [5.74, 6) is 0. The predicted octanol–water partition coefficient (Wildman–Crippen LogP) is 6.45. The second-order valence-corrected chi connectivity index (χ2v) is 19.3. The van der Waals surface area contributed by atoms with E-state index < -0.39 is 0 Å². The maximum atomic E-state index is 2.45. The second kappa shape index (κ2) is 21.8. The summed E-state index contributed by atoms with van der Waals surface area (Å²) in [7, 11) is 0.385. The fourth-order valence-corrected chi connectivity index (χ4v) is 15.5. The minimum Gasteiger partial charge on any atom is -1.00 e. The van der Waals surface area contributed by atoms with Crippen molar-refractivity contribution in [3.8, 4) is 0 Å². The van der Waals surface area contributed by atoms with Crippen molar-refractivity contribution in [3.63, 3.8) is 0 Å². The Kier molecular flexibility index (Phi) is 17.9. The Morgan fingerprint density at radius 3 is 1.22 bits per heavy atom. The first-order valence-corrected chi connectivity index (χ1v) is 22.6. The molecule has 0 amide bonds. The molecule has 4 aromatic rings. The van der Waals surface area contributed by atoms with Gasteiger partial charge in [0.05, 0.1) is 0 Å². The van der Waals surface area contributed by atoms with Gasteiger partial charge in [-0.25, -0.2) is 0 Å². The van der Waals surface area contributed by atoms with Crippen LogP contribution in [0.2, 0.25) is 0 Å². The first-order chi connectivity index (χ1) is 23.7. The molecular formula is C44H59Cl2N2PRu. The Labute approximate surface area is 324 Å². The van der Waals surface area contributed by atoms with Crippen molar-refractivity contribution in [2.24, 2.45) is 0 Å². The zero-order chi connectivity index (χ0) is 33.0. The Balaban J connectivity index is 0.000000233. The molecule has 3 aliphatic carbocycles. The molecule has 0 spiro atoms. The van der Waals surface area contributed by atoms with Crippen LogP contribution in [0.25, 0.3) is 0 Å². The van der Waals surface area contributed by atoms with E-state index >= 15 is 0 Å². The van der Waals surface area contributed by atoms with E-state index in [0.29, 0.717) is 20.0 Å². The van der Waals surface area contributed by atoms with Crippen LogP contribution in [0.5, 0.6) is 0 Å². The van der Waals surface area contributed by atoms with E-state index in [4.69, 9.17) is 0 Å². The quantitative estimate of drug-likeness (QED) is 0.143. The van der Waals surface area contributed by atoms with Crippen molar-refractivity contribution >= 4 is 12.5 Å². The van der Waals surface area contributed by atoms with E-state index in [1.165, 1.54) is 56.9 Å². The summed E-state index contributed by atoms with van der Waals surface area (Å²) >= 11 is -0.0917. The van der Waals surface area contributed by atoms with Crippen LogP contribution < -0.4 is 24.8 Å². The number of benzene rings is 3. The van der Waals surface area contributed by atoms with Gasteiger partial charge in [0.1, 0.15) is 0 Å². The van der Waals surface area contributed by atoms with Gasteiger partial charge in [-0.1, -0.05) is 65.7 Å². The van der Waals surface area contributed by atoms with Crippen LogP contribution in [0.3, 0.4) is 0 Å². The number of imidazole rings is 1. The molecule has 2 unspecified atom stereocenters. The summed E-state index contributed by atoms with van der Waals surface area (Å²) in [6.07, 6.45) is 28.1. The third-order valence-corrected chi connectivity index (χ3v) is 17.5. The Bertz CT molecular complexity index is 1490. The normalized spacial score (nSPS) is 18.5. The SMILES string of the molecule is C1CCC(P(C2CCCCC2)C2CCCCC2)CC1.CC(c1ccccc1)n1ccn(C(C)c2ccccc2)[c]1=[Ru+2]=[CH]c1ccccc1.[Cl-].[Cl-]. The fourth-order valence-electron chi connectivity index (χ4n) is 8.51. The van der Waals surface area contributed by atoms with Gasteiger partial charge >= 0.3 is 180 Å². The molecular weight excluding hydrogens is 759 g/mol. The van der Waals surface area contributed by atoms with Crippen LogP contribution in [-0.2, 0) is 16.2 Å². The van der Waals surface area contributed by atoms with E-state index in [0.717, 1.165) is 0 Å². The van der Waals surface area contributed by atoms with Crippen LogP contribution in [0.1, 0.15) is 139 Å². The molecule has 1 aromatic heterocycles. The van der Waals surface area contributed by atoms with E-state index in [-0.39, 0.29) is 41.0 Å². The third kappa shape index (κ3) is 11.2. The summed E-state index contributed by atoms with van der Waals surface area (Å²) < 4.78 is 8.71. The van der Waals surface area contributed by atoms with E-state index in [1.807, 2.05) is 0 Å². The van der Waals surface area contributed by atoms with Crippen LogP contribution in [0.15, 0.2) is 103 Å². The number of halogens is 2. The minimum atomic E-state index is -0.0917. The number of nitrogens with zero attached hydrogens (tertiary/aromatic N) is 2. The van der Waals surface area contributed by atoms with Crippen molar-refractivity contribution in [3.05, 3.63) is 124 Å². The van der Waals surface area contributed by atoms with Gasteiger partial charge in [0, 0.05) is 0 Å². The van der Waals surface area contributed by atoms with E-state index in [9.17, 15) is 0 Å². The van der Waals surface area contributed by atoms with Gasteiger partial charge in [0.2, 0.25) is 0 Å². The summed E-state index contributed by atoms with van der Waals surface area (Å²) in [5.41, 5.74) is 7.54. The zero-order valence-corrected chi connectivity index (χ0v) is 34.5. The molecule has 3 saturated carbocycles. The minimum absolute atomic E-state index is 0. The number of hydrogen-bond donors (Lipinski definition) is 0. The van der Waals surface area contributed by atoms with Crippen LogP contribution in [0.4, 0.5) is 0 Å². The molecule has 0 saturated heterocycles. The molecule has 272 valence electrons. The average molecular weight is 819 g/mol. The maximum Gasteiger partial charge on any atom is -1.00 e. The van der Waals surface area contributed by atoms with Crippen molar-refractivity contribution in [1.82, 2.24) is 9.13 Å². The van der Waals surface area contributed by atoms with Gasteiger partial charge in [-0.15, -0.1) is 0 Å². The standard InChI is InChI=1S/C19H20N2.C18H33P.C7H6.2ClH.Ru/c1-16(18-9-5-3-6-10-18)20-13-14-21(15-20)17(2)19-11-7-4-8-12-19;1-4-10-16(11-5-1)19(17-12-6-2-7-13-17)18-14-8-3-9-15-18;1-7-5-3-2-4-6-7;;;/h3-14,16-17H,1-2H3;16-18H,1-15H2;1-6H;2*1H;/q;;;;;+2/p-2. The molecule has 0 radical (unpaired) electrons. The molecule has 3 aliphatic rings. The van der Waals surface area contributed by atoms with Crippen LogP contribution in [0, 0.1) is 4.01 Å². The van der Waals surface area contributed by atoms with Crippen molar-refractivity contribution in [2.75, 3.05) is 0 Å². The average Bonchev–Trinajstić information content (AvgIpc) is 3.60. The summed E-state index contributed by atoms with van der Waals surface area (Å²) in [5, 5.41) is 0. The molecule has 1 heterocycles. The number of aromatic nitrogens is 2. The van der Waals surface area contributed by atoms with E-state index in [1.54, 1.807) is 77.0 Å². The third-order valence-electron chi connectivity index (χ3n) is 11.2. The van der Waals surface area contributed by atoms with Crippen molar-refractivity contribution in [2.45, 2.75) is 139 Å². The van der Waals surface area contributed by atoms with Gasteiger partial charge in [0.15, 0.2) is 0 Å². The Hall–Kier alpha value is -1.63. The molecule has 3 fully saturated rings. The molecule has 0 bridgehead atoms. The first kappa shape index (κ1) is 41.1. The maximum absolute atomic E-state index is 2.45. The summed E-state index contributed by atoms with van der Waals surface area (Å²) in [6.45, 7) is 4.58. The van der Waals surface area contributed by atoms with E-state index in [2.05, 4.69) is 131 Å². The number of hydrogen-bond acceptors (Lipinski definition) is 0. The van der Waals surface area contributed by atoms with Crippen molar-refractivity contribution in [1.29, 1.82) is 0 Å². The van der Waals surface area contributed by atoms with Gasteiger partial charge in [-0.3, -0.25) is 0 Å². The number of rotatable bonds is 8. The largest absolute Gasteiger partial charge is 1.00 e. The molecule has 50 heavy (non-hydrogen) atoms. The van der Waals surface area contributed by atoms with Gasteiger partial charge < -0.3 is 24.8 Å². The molecule has 7 rings (SSSR count). The molecule has 3 aromatic carbocycles. The summed E-state index contributed by atoms with van der Waals surface area (Å²) in [6, 6.07) is 32.8. The van der Waals surface area contributed by atoms with Crippen molar-refractivity contribution < 1.29 is 41.0 Å². The van der Waals surface area contributed by atoms with Gasteiger partial charge in [-0.2, -0.15) is 0 Å². The zero-order valence-electron chi connectivity index (χ0n) is 30.3. The Morgan fingerprint density at radius 1 is 0.520 bits per heavy atom. The monoisotopic (exact) mass is 818 g/mol. The van der Waals surface area contributed by atoms with Gasteiger partial charge in [-0.05, 0) is 55.5 Å².